The van der Waals surface area contributed by atoms with Crippen molar-refractivity contribution in [1.29, 1.82) is 0 Å². The largest absolute Gasteiger partial charge is 0.197 e. The summed E-state index contributed by atoms with van der Waals surface area (Å²) in [7, 11) is 0. The molecule has 5 nitrogen and oxygen atoms in total. The molecule has 0 bridgehead atoms. The molecule has 2 aromatic rings. The second-order valence-corrected chi connectivity index (χ2v) is 2.05. The Kier molecular flexibility index (Phi) is 1.04. The average molecular weight is 156 g/mol. The molecule has 2 rings (SSSR count). The van der Waals surface area contributed by atoms with Crippen LogP contribution >= 0.6 is 11.6 Å². The molecule has 0 fully saturated rings. The van der Waals surface area contributed by atoms with Gasteiger partial charge in [-0.2, -0.15) is 20.5 Å². The Morgan fingerprint density at radius 1 is 1.40 bits per heavy atom. The fourth-order valence-electron chi connectivity index (χ4n) is 0.663. The van der Waals surface area contributed by atoms with E-state index in [9.17, 15) is 0 Å². The van der Waals surface area contributed by atoms with E-state index in [1.165, 1.54) is 6.20 Å². The summed E-state index contributed by atoms with van der Waals surface area (Å²) in [6, 6.07) is 0. The standard InChI is InChI=1S/C4H2ClN5/c5-4-3-2(1-6-9-4)7-10-8-3/h1H,(H,7,8,10). The van der Waals surface area contributed by atoms with Crippen molar-refractivity contribution in [2.45, 2.75) is 0 Å². The van der Waals surface area contributed by atoms with Crippen molar-refractivity contribution in [3.63, 3.8) is 0 Å². The lowest BCUT2D eigenvalue weighted by Crippen LogP contribution is -1.81. The molecule has 0 radical (unpaired) electrons. The van der Waals surface area contributed by atoms with Gasteiger partial charge in [-0.3, -0.25) is 0 Å². The summed E-state index contributed by atoms with van der Waals surface area (Å²) in [5.41, 5.74) is 1.18. The summed E-state index contributed by atoms with van der Waals surface area (Å²) in [6.45, 7) is 0. The molecule has 0 saturated heterocycles. The molecule has 0 aliphatic heterocycles. The highest BCUT2D eigenvalue weighted by Crippen LogP contribution is 2.12. The number of halogens is 1. The Hall–Kier alpha value is -1.23. The molecule has 0 aliphatic rings. The molecule has 1 N–H and O–H groups in total. The van der Waals surface area contributed by atoms with Crippen LogP contribution in [0.3, 0.4) is 0 Å². The quantitative estimate of drug-likeness (QED) is 0.598. The second-order valence-electron chi connectivity index (χ2n) is 1.69. The number of hydrogen-bond donors (Lipinski definition) is 1. The predicted molar refractivity (Wildman–Crippen MR) is 34.5 cm³/mol. The van der Waals surface area contributed by atoms with Crippen LogP contribution in [0.15, 0.2) is 6.20 Å². The maximum absolute atomic E-state index is 5.60. The fourth-order valence-corrected chi connectivity index (χ4v) is 0.845. The van der Waals surface area contributed by atoms with Crippen molar-refractivity contribution >= 4 is 22.6 Å². The summed E-state index contributed by atoms with van der Waals surface area (Å²) < 4.78 is 0. The minimum atomic E-state index is 0.270. The zero-order valence-electron chi connectivity index (χ0n) is 4.74. The van der Waals surface area contributed by atoms with Crippen molar-refractivity contribution in [3.8, 4) is 0 Å². The first-order chi connectivity index (χ1) is 4.88. The van der Waals surface area contributed by atoms with Gasteiger partial charge in [0, 0.05) is 0 Å². The number of H-pyrrole nitrogens is 1. The molecule has 2 heterocycles. The third-order valence-electron chi connectivity index (χ3n) is 1.10. The van der Waals surface area contributed by atoms with E-state index >= 15 is 0 Å². The van der Waals surface area contributed by atoms with Gasteiger partial charge in [-0.05, 0) is 0 Å². The van der Waals surface area contributed by atoms with Gasteiger partial charge < -0.3 is 0 Å². The Balaban J connectivity index is 2.95. The molecule has 0 atom stereocenters. The van der Waals surface area contributed by atoms with Crippen molar-refractivity contribution in [3.05, 3.63) is 11.3 Å². The Bertz CT molecular complexity index is 355. The molecule has 6 heteroatoms. The highest BCUT2D eigenvalue weighted by atomic mass is 35.5. The van der Waals surface area contributed by atoms with Crippen LogP contribution in [0, 0.1) is 0 Å². The fraction of sp³-hybridized carbons (Fsp3) is 0. The maximum Gasteiger partial charge on any atom is 0.181 e. The van der Waals surface area contributed by atoms with Gasteiger partial charge in [0.15, 0.2) is 10.7 Å². The van der Waals surface area contributed by atoms with Crippen LogP contribution in [-0.4, -0.2) is 25.6 Å². The van der Waals surface area contributed by atoms with Crippen molar-refractivity contribution < 1.29 is 0 Å². The van der Waals surface area contributed by atoms with Gasteiger partial charge in [-0.1, -0.05) is 11.6 Å². The molecule has 0 aromatic carbocycles. The van der Waals surface area contributed by atoms with Gasteiger partial charge in [0.05, 0.1) is 6.20 Å². The summed E-state index contributed by atoms with van der Waals surface area (Å²) >= 11 is 5.60. The average Bonchev–Trinajstić information content (AvgIpc) is 2.36. The van der Waals surface area contributed by atoms with Crippen LogP contribution in [0.25, 0.3) is 11.0 Å². The topological polar surface area (TPSA) is 67.3 Å². The first kappa shape index (κ1) is 5.55. The third kappa shape index (κ3) is 0.640. The number of rotatable bonds is 0. The predicted octanol–water partition coefficient (Wildman–Crippen LogP) is 0.401. The number of hydrogen-bond acceptors (Lipinski definition) is 4. The number of nitrogens with one attached hydrogen (secondary N) is 1. The van der Waals surface area contributed by atoms with Crippen LogP contribution in [-0.2, 0) is 0 Å². The zero-order chi connectivity index (χ0) is 6.97. The Morgan fingerprint density at radius 3 is 3.10 bits per heavy atom. The molecule has 0 amide bonds. The van der Waals surface area contributed by atoms with Crippen molar-refractivity contribution in [1.82, 2.24) is 25.6 Å². The summed E-state index contributed by atoms with van der Waals surface area (Å²) in [4.78, 5) is 0. The molecule has 50 valence electrons. The highest BCUT2D eigenvalue weighted by Gasteiger charge is 2.02. The van der Waals surface area contributed by atoms with Gasteiger partial charge in [0.25, 0.3) is 0 Å². The van der Waals surface area contributed by atoms with E-state index < -0.39 is 0 Å². The summed E-state index contributed by atoms with van der Waals surface area (Å²) in [5, 5.41) is 17.3. The van der Waals surface area contributed by atoms with Gasteiger partial charge in [-0.15, -0.1) is 5.10 Å². The SMILES string of the molecule is Clc1nncc2n[nH]nc12. The van der Waals surface area contributed by atoms with Crippen LogP contribution in [0.2, 0.25) is 5.15 Å². The van der Waals surface area contributed by atoms with E-state index in [0.29, 0.717) is 11.0 Å². The number of aromatic amines is 1. The maximum atomic E-state index is 5.60. The van der Waals surface area contributed by atoms with Gasteiger partial charge in [0.2, 0.25) is 0 Å². The summed E-state index contributed by atoms with van der Waals surface area (Å²) in [5.74, 6) is 0. The van der Waals surface area contributed by atoms with Crippen LogP contribution in [0.1, 0.15) is 0 Å². The lowest BCUT2D eigenvalue weighted by molar-refractivity contribution is 0.959. The zero-order valence-corrected chi connectivity index (χ0v) is 5.50. The molecule has 0 saturated carbocycles. The lowest BCUT2D eigenvalue weighted by atomic mass is 10.5. The van der Waals surface area contributed by atoms with E-state index in [1.807, 2.05) is 0 Å². The normalized spacial score (nSPS) is 10.5. The number of nitrogens with zero attached hydrogens (tertiary/aromatic N) is 4. The summed E-state index contributed by atoms with van der Waals surface area (Å²) in [6.07, 6.45) is 1.49. The van der Waals surface area contributed by atoms with Crippen molar-refractivity contribution in [2.24, 2.45) is 0 Å². The Morgan fingerprint density at radius 2 is 2.30 bits per heavy atom. The van der Waals surface area contributed by atoms with E-state index in [4.69, 9.17) is 11.6 Å². The minimum Gasteiger partial charge on any atom is -0.197 e. The van der Waals surface area contributed by atoms with Crippen LogP contribution in [0.5, 0.6) is 0 Å². The molecule has 10 heavy (non-hydrogen) atoms. The first-order valence-corrected chi connectivity index (χ1v) is 2.93. The molecule has 0 unspecified atom stereocenters. The third-order valence-corrected chi connectivity index (χ3v) is 1.35. The van der Waals surface area contributed by atoms with Crippen LogP contribution < -0.4 is 0 Å². The van der Waals surface area contributed by atoms with Crippen molar-refractivity contribution in [2.75, 3.05) is 0 Å². The molecular weight excluding hydrogens is 154 g/mol. The van der Waals surface area contributed by atoms with E-state index in [0.717, 1.165) is 0 Å². The molecule has 2 aromatic heterocycles. The Labute approximate surface area is 60.4 Å². The van der Waals surface area contributed by atoms with Gasteiger partial charge >= 0.3 is 0 Å². The lowest BCUT2D eigenvalue weighted by Gasteiger charge is -1.83. The van der Waals surface area contributed by atoms with Gasteiger partial charge in [0.1, 0.15) is 5.52 Å². The van der Waals surface area contributed by atoms with Crippen LogP contribution in [0.4, 0.5) is 0 Å². The van der Waals surface area contributed by atoms with Gasteiger partial charge in [-0.25, -0.2) is 0 Å². The smallest absolute Gasteiger partial charge is 0.181 e. The highest BCUT2D eigenvalue weighted by molar-refractivity contribution is 6.33. The van der Waals surface area contributed by atoms with E-state index in [2.05, 4.69) is 25.6 Å². The molecule has 0 spiro atoms. The molecule has 0 aliphatic carbocycles. The van der Waals surface area contributed by atoms with E-state index in [-0.39, 0.29) is 5.15 Å². The molecular formula is C4H2ClN5. The second kappa shape index (κ2) is 1.88. The van der Waals surface area contributed by atoms with E-state index in [1.54, 1.807) is 0 Å². The first-order valence-electron chi connectivity index (χ1n) is 2.55. The monoisotopic (exact) mass is 155 g/mol. The minimum absolute atomic E-state index is 0.270. The number of fused-ring (bicyclic) bond motifs is 1. The number of aromatic nitrogens is 5.